The number of aryl methyl sites for hydroxylation is 1. The molecule has 2 aromatic carbocycles. The van der Waals surface area contributed by atoms with Crippen molar-refractivity contribution >= 4 is 41.7 Å². The third-order valence-electron chi connectivity index (χ3n) is 4.13. The molecule has 0 spiro atoms. The van der Waals surface area contributed by atoms with Crippen LogP contribution in [0.3, 0.4) is 0 Å². The van der Waals surface area contributed by atoms with Crippen LogP contribution in [0.5, 0.6) is 0 Å². The van der Waals surface area contributed by atoms with Crippen LogP contribution >= 0.6 is 22.6 Å². The van der Waals surface area contributed by atoms with E-state index in [0.29, 0.717) is 4.05 Å². The van der Waals surface area contributed by atoms with Crippen molar-refractivity contribution in [2.45, 2.75) is 43.0 Å². The number of alkyl halides is 1. The van der Waals surface area contributed by atoms with E-state index in [1.54, 1.807) is 0 Å². The van der Waals surface area contributed by atoms with Gasteiger partial charge in [0.1, 0.15) is 13.9 Å². The van der Waals surface area contributed by atoms with Gasteiger partial charge < -0.3 is 4.57 Å². The molecule has 26 heavy (non-hydrogen) atoms. The summed E-state index contributed by atoms with van der Waals surface area (Å²) in [5.41, 5.74) is 7.12. The number of fused-ring (bicyclic) bond motifs is 1. The van der Waals surface area contributed by atoms with Crippen LogP contribution < -0.4 is 0 Å². The molecular formula is C22H25IN2Si. The zero-order chi connectivity index (χ0) is 18.6. The summed E-state index contributed by atoms with van der Waals surface area (Å²) in [6.45, 7) is 6.86. The second-order valence-corrected chi connectivity index (χ2v) is 13.8. The van der Waals surface area contributed by atoms with E-state index >= 15 is 0 Å². The van der Waals surface area contributed by atoms with E-state index in [1.165, 1.54) is 11.1 Å². The molecule has 0 N–H and O–H groups in total. The SMILES string of the molecule is C[Si](C)(C)C#CCCc1nc2ccccc2n1C(I)Cc1ccccc1. The summed E-state index contributed by atoms with van der Waals surface area (Å²) >= 11 is 2.55. The van der Waals surface area contributed by atoms with Crippen molar-refractivity contribution in [1.82, 2.24) is 9.55 Å². The number of para-hydroxylation sites is 2. The van der Waals surface area contributed by atoms with Gasteiger partial charge in [-0.25, -0.2) is 4.98 Å². The second-order valence-electron chi connectivity index (χ2n) is 7.56. The Morgan fingerprint density at radius 3 is 2.46 bits per heavy atom. The molecule has 0 fully saturated rings. The van der Waals surface area contributed by atoms with Crippen LogP contribution in [0.1, 0.15) is 21.9 Å². The number of aromatic nitrogens is 2. The second kappa shape index (κ2) is 8.41. The lowest BCUT2D eigenvalue weighted by Gasteiger charge is -2.16. The first-order chi connectivity index (χ1) is 12.4. The average molecular weight is 472 g/mol. The molecular weight excluding hydrogens is 447 g/mol. The van der Waals surface area contributed by atoms with Crippen molar-refractivity contribution in [3.63, 3.8) is 0 Å². The lowest BCUT2D eigenvalue weighted by molar-refractivity contribution is 0.672. The summed E-state index contributed by atoms with van der Waals surface area (Å²) in [4.78, 5) is 4.91. The molecule has 0 saturated carbocycles. The van der Waals surface area contributed by atoms with Gasteiger partial charge in [0.2, 0.25) is 0 Å². The summed E-state index contributed by atoms with van der Waals surface area (Å²) in [6, 6.07) is 19.1. The van der Waals surface area contributed by atoms with E-state index in [9.17, 15) is 0 Å². The van der Waals surface area contributed by atoms with Gasteiger partial charge in [-0.15, -0.1) is 11.5 Å². The minimum Gasteiger partial charge on any atom is -0.315 e. The fourth-order valence-corrected chi connectivity index (χ4v) is 4.77. The van der Waals surface area contributed by atoms with Gasteiger partial charge in [0.05, 0.1) is 15.1 Å². The summed E-state index contributed by atoms with van der Waals surface area (Å²) in [5, 5.41) is 0. The summed E-state index contributed by atoms with van der Waals surface area (Å²) < 4.78 is 2.74. The van der Waals surface area contributed by atoms with E-state index in [-0.39, 0.29) is 0 Å². The summed E-state index contributed by atoms with van der Waals surface area (Å²) in [7, 11) is -1.30. The maximum Gasteiger partial charge on any atom is 0.129 e. The lowest BCUT2D eigenvalue weighted by atomic mass is 10.1. The molecule has 0 bridgehead atoms. The molecule has 0 amide bonds. The Morgan fingerprint density at radius 2 is 1.73 bits per heavy atom. The van der Waals surface area contributed by atoms with Gasteiger partial charge in [0.15, 0.2) is 0 Å². The minimum absolute atomic E-state index is 0.336. The molecule has 134 valence electrons. The molecule has 0 aliphatic heterocycles. The van der Waals surface area contributed by atoms with Gasteiger partial charge in [-0.3, -0.25) is 0 Å². The first-order valence-corrected chi connectivity index (χ1v) is 13.8. The summed E-state index contributed by atoms with van der Waals surface area (Å²) in [6.07, 6.45) is 2.78. The van der Waals surface area contributed by atoms with E-state index < -0.39 is 8.07 Å². The number of benzene rings is 2. The molecule has 2 nitrogen and oxygen atoms in total. The molecule has 0 saturated heterocycles. The quantitative estimate of drug-likeness (QED) is 0.192. The monoisotopic (exact) mass is 472 g/mol. The highest BCUT2D eigenvalue weighted by molar-refractivity contribution is 14.1. The smallest absolute Gasteiger partial charge is 0.129 e. The van der Waals surface area contributed by atoms with E-state index in [1.807, 2.05) is 0 Å². The Bertz CT molecular complexity index is 929. The largest absolute Gasteiger partial charge is 0.315 e. The van der Waals surface area contributed by atoms with Crippen LogP contribution in [0.15, 0.2) is 54.6 Å². The van der Waals surface area contributed by atoms with Crippen molar-refractivity contribution in [1.29, 1.82) is 0 Å². The van der Waals surface area contributed by atoms with Gasteiger partial charge in [-0.1, -0.05) is 84.7 Å². The van der Waals surface area contributed by atoms with Crippen LogP contribution in [-0.4, -0.2) is 17.6 Å². The fourth-order valence-electron chi connectivity index (χ4n) is 2.99. The third-order valence-corrected chi connectivity index (χ3v) is 6.06. The number of rotatable bonds is 5. The Labute approximate surface area is 171 Å². The Kier molecular flexibility index (Phi) is 6.20. The van der Waals surface area contributed by atoms with Crippen LogP contribution in [0, 0.1) is 11.5 Å². The van der Waals surface area contributed by atoms with Crippen molar-refractivity contribution in [3.8, 4) is 11.5 Å². The lowest BCUT2D eigenvalue weighted by Crippen LogP contribution is -2.16. The van der Waals surface area contributed by atoms with Crippen molar-refractivity contribution < 1.29 is 0 Å². The minimum atomic E-state index is -1.30. The number of imidazole rings is 1. The highest BCUT2D eigenvalue weighted by Gasteiger charge is 2.17. The zero-order valence-electron chi connectivity index (χ0n) is 15.7. The van der Waals surface area contributed by atoms with Gasteiger partial charge in [0, 0.05) is 19.3 Å². The number of hydrogen-bond acceptors (Lipinski definition) is 1. The standard InChI is InChI=1S/C22H25IN2Si/c1-26(2,3)16-10-9-15-22-24-19-13-7-8-14-20(19)25(22)21(23)17-18-11-5-4-6-12-18/h4-8,11-14,21H,9,15,17H2,1-3H3. The van der Waals surface area contributed by atoms with E-state index in [2.05, 4.69) is 113 Å². The van der Waals surface area contributed by atoms with Crippen LogP contribution in [0.4, 0.5) is 0 Å². The van der Waals surface area contributed by atoms with Crippen LogP contribution in [-0.2, 0) is 12.8 Å². The molecule has 0 aliphatic carbocycles. The third kappa shape index (κ3) is 4.98. The van der Waals surface area contributed by atoms with Gasteiger partial charge in [-0.05, 0) is 17.7 Å². The molecule has 1 atom stereocenters. The molecule has 1 unspecified atom stereocenters. The maximum atomic E-state index is 4.91. The molecule has 0 radical (unpaired) electrons. The van der Waals surface area contributed by atoms with E-state index in [0.717, 1.165) is 30.6 Å². The zero-order valence-corrected chi connectivity index (χ0v) is 18.8. The molecule has 0 aliphatic rings. The predicted molar refractivity (Wildman–Crippen MR) is 122 cm³/mol. The first kappa shape index (κ1) is 19.2. The Balaban J connectivity index is 1.87. The number of hydrogen-bond donors (Lipinski definition) is 0. The first-order valence-electron chi connectivity index (χ1n) is 9.08. The van der Waals surface area contributed by atoms with Crippen LogP contribution in [0.25, 0.3) is 11.0 Å². The Hall–Kier alpha value is -1.58. The summed E-state index contributed by atoms with van der Waals surface area (Å²) in [5.74, 6) is 4.53. The maximum absolute atomic E-state index is 4.91. The number of halogens is 1. The average Bonchev–Trinajstić information content (AvgIpc) is 2.97. The molecule has 1 aromatic heterocycles. The van der Waals surface area contributed by atoms with Crippen molar-refractivity contribution in [3.05, 3.63) is 66.0 Å². The van der Waals surface area contributed by atoms with Crippen molar-refractivity contribution in [2.24, 2.45) is 0 Å². The Morgan fingerprint density at radius 1 is 1.04 bits per heavy atom. The highest BCUT2D eigenvalue weighted by atomic mass is 127. The fraction of sp³-hybridized carbons (Fsp3) is 0.318. The van der Waals surface area contributed by atoms with Gasteiger partial charge in [-0.2, -0.15) is 0 Å². The molecule has 3 aromatic rings. The molecule has 3 rings (SSSR count). The topological polar surface area (TPSA) is 17.8 Å². The highest BCUT2D eigenvalue weighted by Crippen LogP contribution is 2.29. The van der Waals surface area contributed by atoms with Gasteiger partial charge >= 0.3 is 0 Å². The molecule has 1 heterocycles. The molecule has 4 heteroatoms. The predicted octanol–water partition coefficient (Wildman–Crippen LogP) is 6.03. The van der Waals surface area contributed by atoms with Gasteiger partial charge in [0.25, 0.3) is 0 Å². The van der Waals surface area contributed by atoms with E-state index in [4.69, 9.17) is 4.98 Å². The normalized spacial score (nSPS) is 12.6. The van der Waals surface area contributed by atoms with Crippen molar-refractivity contribution in [2.75, 3.05) is 0 Å². The number of nitrogens with zero attached hydrogens (tertiary/aromatic N) is 2. The van der Waals surface area contributed by atoms with Crippen LogP contribution in [0.2, 0.25) is 19.6 Å².